The normalized spacial score (nSPS) is 21.4. The molecular formula is C13H17N3O4. The summed E-state index contributed by atoms with van der Waals surface area (Å²) in [5, 5.41) is 14.8. The number of carboxylic acids is 1. The zero-order chi connectivity index (χ0) is 14.5. The van der Waals surface area contributed by atoms with Gasteiger partial charge in [0.05, 0.1) is 19.3 Å². The molecule has 0 spiro atoms. The summed E-state index contributed by atoms with van der Waals surface area (Å²) in [5.74, 6) is -1.73. The van der Waals surface area contributed by atoms with Crippen molar-refractivity contribution < 1.29 is 19.4 Å². The van der Waals surface area contributed by atoms with Crippen LogP contribution in [0, 0.1) is 5.92 Å². The highest BCUT2D eigenvalue weighted by molar-refractivity contribution is 5.93. The second kappa shape index (κ2) is 6.33. The molecule has 1 aromatic rings. The van der Waals surface area contributed by atoms with Gasteiger partial charge in [0.25, 0.3) is 5.91 Å². The summed E-state index contributed by atoms with van der Waals surface area (Å²) in [6, 6.07) is 2.99. The van der Waals surface area contributed by atoms with Crippen molar-refractivity contribution in [2.45, 2.75) is 13.0 Å². The Kier molecular flexibility index (Phi) is 4.52. The lowest BCUT2D eigenvalue weighted by Crippen LogP contribution is -2.33. The number of carbonyl (C=O) groups is 2. The van der Waals surface area contributed by atoms with E-state index in [1.54, 1.807) is 12.1 Å². The van der Waals surface area contributed by atoms with Gasteiger partial charge in [0, 0.05) is 18.4 Å². The highest BCUT2D eigenvalue weighted by Gasteiger charge is 2.34. The Labute approximate surface area is 116 Å². The van der Waals surface area contributed by atoms with E-state index in [0.29, 0.717) is 24.5 Å². The molecule has 20 heavy (non-hydrogen) atoms. The first-order valence-electron chi connectivity index (χ1n) is 6.43. The van der Waals surface area contributed by atoms with Crippen LogP contribution in [-0.2, 0) is 9.53 Å². The third-order valence-corrected chi connectivity index (χ3v) is 3.08. The van der Waals surface area contributed by atoms with Crippen LogP contribution in [0.15, 0.2) is 18.3 Å². The van der Waals surface area contributed by atoms with Crippen LogP contribution < -0.4 is 10.6 Å². The van der Waals surface area contributed by atoms with E-state index in [1.165, 1.54) is 6.20 Å². The lowest BCUT2D eigenvalue weighted by atomic mass is 10.0. The third-order valence-electron chi connectivity index (χ3n) is 3.08. The molecule has 1 aromatic heterocycles. The van der Waals surface area contributed by atoms with E-state index in [0.717, 1.165) is 0 Å². The van der Waals surface area contributed by atoms with Crippen molar-refractivity contribution in [1.29, 1.82) is 0 Å². The summed E-state index contributed by atoms with van der Waals surface area (Å²) in [6.45, 7) is 2.88. The lowest BCUT2D eigenvalue weighted by Gasteiger charge is -2.17. The fourth-order valence-corrected chi connectivity index (χ4v) is 2.05. The van der Waals surface area contributed by atoms with Gasteiger partial charge < -0.3 is 20.5 Å². The Balaban J connectivity index is 2.08. The SMILES string of the molecule is CCNC(=O)c1cc(NC2COCC2C(=O)O)ccn1. The molecule has 0 bridgehead atoms. The van der Waals surface area contributed by atoms with Crippen molar-refractivity contribution in [1.82, 2.24) is 10.3 Å². The molecule has 108 valence electrons. The molecule has 1 fully saturated rings. The van der Waals surface area contributed by atoms with E-state index in [-0.39, 0.29) is 18.6 Å². The maximum Gasteiger partial charge on any atom is 0.311 e. The number of carbonyl (C=O) groups excluding carboxylic acids is 1. The van der Waals surface area contributed by atoms with Crippen LogP contribution >= 0.6 is 0 Å². The number of rotatable bonds is 5. The number of nitrogens with one attached hydrogen (secondary N) is 2. The topological polar surface area (TPSA) is 101 Å². The van der Waals surface area contributed by atoms with Crippen LogP contribution in [0.5, 0.6) is 0 Å². The number of ether oxygens (including phenoxy) is 1. The van der Waals surface area contributed by atoms with Gasteiger partial charge in [-0.2, -0.15) is 0 Å². The number of hydrogen-bond donors (Lipinski definition) is 3. The van der Waals surface area contributed by atoms with E-state index in [1.807, 2.05) is 6.92 Å². The first-order chi connectivity index (χ1) is 9.61. The Hall–Kier alpha value is -2.15. The second-order valence-electron chi connectivity index (χ2n) is 4.52. The quantitative estimate of drug-likeness (QED) is 0.718. The number of aromatic nitrogens is 1. The number of pyridine rings is 1. The largest absolute Gasteiger partial charge is 0.481 e. The van der Waals surface area contributed by atoms with E-state index < -0.39 is 11.9 Å². The molecule has 1 aliphatic rings. The van der Waals surface area contributed by atoms with Gasteiger partial charge in [0.1, 0.15) is 11.6 Å². The fraction of sp³-hybridized carbons (Fsp3) is 0.462. The first kappa shape index (κ1) is 14.3. The van der Waals surface area contributed by atoms with Gasteiger partial charge in [-0.05, 0) is 19.1 Å². The monoisotopic (exact) mass is 279 g/mol. The third kappa shape index (κ3) is 3.24. The van der Waals surface area contributed by atoms with Crippen molar-refractivity contribution in [2.24, 2.45) is 5.92 Å². The van der Waals surface area contributed by atoms with E-state index in [4.69, 9.17) is 9.84 Å². The van der Waals surface area contributed by atoms with Crippen molar-refractivity contribution >= 4 is 17.6 Å². The minimum absolute atomic E-state index is 0.196. The molecule has 2 heterocycles. The van der Waals surface area contributed by atoms with E-state index in [2.05, 4.69) is 15.6 Å². The Morgan fingerprint density at radius 1 is 1.50 bits per heavy atom. The van der Waals surface area contributed by atoms with Crippen LogP contribution in [-0.4, -0.2) is 47.8 Å². The van der Waals surface area contributed by atoms with E-state index >= 15 is 0 Å². The summed E-state index contributed by atoms with van der Waals surface area (Å²) in [5.41, 5.74) is 0.950. The van der Waals surface area contributed by atoms with Gasteiger partial charge in [0.2, 0.25) is 0 Å². The van der Waals surface area contributed by atoms with Crippen LogP contribution in [0.4, 0.5) is 5.69 Å². The van der Waals surface area contributed by atoms with Gasteiger partial charge in [-0.1, -0.05) is 0 Å². The molecule has 1 aliphatic heterocycles. The average Bonchev–Trinajstić information content (AvgIpc) is 2.87. The lowest BCUT2D eigenvalue weighted by molar-refractivity contribution is -0.141. The highest BCUT2D eigenvalue weighted by Crippen LogP contribution is 2.19. The zero-order valence-electron chi connectivity index (χ0n) is 11.1. The summed E-state index contributed by atoms with van der Waals surface area (Å²) >= 11 is 0. The molecule has 2 unspecified atom stereocenters. The van der Waals surface area contributed by atoms with Crippen molar-refractivity contribution in [3.63, 3.8) is 0 Å². The van der Waals surface area contributed by atoms with Gasteiger partial charge in [-0.15, -0.1) is 0 Å². The van der Waals surface area contributed by atoms with Gasteiger partial charge >= 0.3 is 5.97 Å². The number of carboxylic acid groups (broad SMARTS) is 1. The maximum atomic E-state index is 11.7. The van der Waals surface area contributed by atoms with Crippen LogP contribution in [0.1, 0.15) is 17.4 Å². The number of anilines is 1. The molecule has 0 radical (unpaired) electrons. The molecular weight excluding hydrogens is 262 g/mol. The molecule has 7 nitrogen and oxygen atoms in total. The van der Waals surface area contributed by atoms with Crippen molar-refractivity contribution in [3.05, 3.63) is 24.0 Å². The smallest absolute Gasteiger partial charge is 0.311 e. The Morgan fingerprint density at radius 2 is 2.30 bits per heavy atom. The van der Waals surface area contributed by atoms with E-state index in [9.17, 15) is 9.59 Å². The predicted molar refractivity (Wildman–Crippen MR) is 71.6 cm³/mol. The van der Waals surface area contributed by atoms with Crippen molar-refractivity contribution in [3.8, 4) is 0 Å². The molecule has 0 aromatic carbocycles. The van der Waals surface area contributed by atoms with Crippen LogP contribution in [0.2, 0.25) is 0 Å². The summed E-state index contributed by atoms with van der Waals surface area (Å²) < 4.78 is 5.18. The summed E-state index contributed by atoms with van der Waals surface area (Å²) in [4.78, 5) is 26.7. The minimum atomic E-state index is -0.891. The molecule has 2 atom stereocenters. The molecule has 3 N–H and O–H groups in total. The molecule has 0 aliphatic carbocycles. The Bertz CT molecular complexity index is 506. The average molecular weight is 279 g/mol. The van der Waals surface area contributed by atoms with Gasteiger partial charge in [-0.3, -0.25) is 14.6 Å². The molecule has 1 saturated heterocycles. The highest BCUT2D eigenvalue weighted by atomic mass is 16.5. The molecule has 0 saturated carbocycles. The predicted octanol–water partition coefficient (Wildman–Crippen LogP) is 0.343. The van der Waals surface area contributed by atoms with Gasteiger partial charge in [-0.25, -0.2) is 0 Å². The molecule has 2 rings (SSSR count). The minimum Gasteiger partial charge on any atom is -0.481 e. The second-order valence-corrected chi connectivity index (χ2v) is 4.52. The Morgan fingerprint density at radius 3 is 3.00 bits per heavy atom. The number of nitrogens with zero attached hydrogens (tertiary/aromatic N) is 1. The first-order valence-corrected chi connectivity index (χ1v) is 6.43. The van der Waals surface area contributed by atoms with Crippen molar-refractivity contribution in [2.75, 3.05) is 25.1 Å². The zero-order valence-corrected chi connectivity index (χ0v) is 11.1. The standard InChI is InChI=1S/C13H17N3O4/c1-2-14-12(17)10-5-8(3-4-15-10)16-11-7-20-6-9(11)13(18)19/h3-5,9,11H,2,6-7H2,1H3,(H,14,17)(H,15,16)(H,18,19). The maximum absolute atomic E-state index is 11.7. The van der Waals surface area contributed by atoms with Crippen LogP contribution in [0.25, 0.3) is 0 Å². The fourth-order valence-electron chi connectivity index (χ4n) is 2.05. The number of amides is 1. The summed E-state index contributed by atoms with van der Waals surface area (Å²) in [6.07, 6.45) is 1.51. The number of hydrogen-bond acceptors (Lipinski definition) is 5. The molecule has 1 amide bonds. The molecule has 7 heteroatoms. The number of aliphatic carboxylic acids is 1. The van der Waals surface area contributed by atoms with Crippen LogP contribution in [0.3, 0.4) is 0 Å². The summed E-state index contributed by atoms with van der Waals surface area (Å²) in [7, 11) is 0. The van der Waals surface area contributed by atoms with Gasteiger partial charge in [0.15, 0.2) is 0 Å².